The minimum atomic E-state index is -1.11. The number of thiol groups is 1. The summed E-state index contributed by atoms with van der Waals surface area (Å²) in [6.07, 6.45) is 0. The summed E-state index contributed by atoms with van der Waals surface area (Å²) in [5.41, 5.74) is 0. The van der Waals surface area contributed by atoms with Crippen LogP contribution in [0.2, 0.25) is 0 Å². The number of aliphatic hydroxyl groups excluding tert-OH is 1. The van der Waals surface area contributed by atoms with Gasteiger partial charge in [-0.15, -0.1) is 0 Å². The number of rotatable bonds is 3. The Labute approximate surface area is 52.1 Å². The Bertz CT molecular complexity index is 82.6. The van der Waals surface area contributed by atoms with Crippen molar-refractivity contribution < 1.29 is 15.0 Å². The quantitative estimate of drug-likeness (QED) is 0.371. The van der Waals surface area contributed by atoms with Crippen molar-refractivity contribution in [3.63, 3.8) is 0 Å². The number of hydrogen-bond donors (Lipinski definition) is 4. The van der Waals surface area contributed by atoms with Crippen LogP contribution in [0.5, 0.6) is 0 Å². The van der Waals surface area contributed by atoms with Crippen molar-refractivity contribution in [3.05, 3.63) is 0 Å². The second-order valence-corrected chi connectivity index (χ2v) is 1.46. The van der Waals surface area contributed by atoms with Crippen LogP contribution in [0.3, 0.4) is 0 Å². The van der Waals surface area contributed by atoms with Crippen molar-refractivity contribution in [1.29, 1.82) is 0 Å². The van der Waals surface area contributed by atoms with E-state index in [0.717, 1.165) is 0 Å². The first-order valence-electron chi connectivity index (χ1n) is 1.95. The zero-order valence-electron chi connectivity index (χ0n) is 4.03. The summed E-state index contributed by atoms with van der Waals surface area (Å²) in [6, 6.07) is -0.960. The predicted molar refractivity (Wildman–Crippen MR) is 30.6 cm³/mol. The molecule has 0 aromatic carbocycles. The highest BCUT2D eigenvalue weighted by atomic mass is 32.1. The average molecular weight is 137 g/mol. The normalized spacial score (nSPS) is 13.2. The first-order chi connectivity index (χ1) is 3.72. The van der Waals surface area contributed by atoms with Crippen LogP contribution in [0, 0.1) is 0 Å². The molecule has 0 aliphatic heterocycles. The SMILES string of the molecule is O=C(O)[C@H](CO)NS. The summed E-state index contributed by atoms with van der Waals surface area (Å²) >= 11 is 3.44. The van der Waals surface area contributed by atoms with Crippen molar-refractivity contribution in [2.45, 2.75) is 6.04 Å². The minimum absolute atomic E-state index is 0.446. The fourth-order valence-electron chi connectivity index (χ4n) is 0.174. The summed E-state index contributed by atoms with van der Waals surface area (Å²) in [5, 5.41) is 16.3. The zero-order valence-corrected chi connectivity index (χ0v) is 4.93. The van der Waals surface area contributed by atoms with E-state index in [9.17, 15) is 4.79 Å². The molecule has 48 valence electrons. The lowest BCUT2D eigenvalue weighted by Crippen LogP contribution is -2.33. The fourth-order valence-corrected chi connectivity index (χ4v) is 0.366. The van der Waals surface area contributed by atoms with Gasteiger partial charge in [0, 0.05) is 0 Å². The first kappa shape index (κ1) is 7.74. The lowest BCUT2D eigenvalue weighted by atomic mass is 10.3. The molecule has 5 heteroatoms. The van der Waals surface area contributed by atoms with Crippen LogP contribution in [0.25, 0.3) is 0 Å². The number of carboxylic acid groups (broad SMARTS) is 1. The molecule has 0 saturated heterocycles. The Morgan fingerprint density at radius 3 is 2.38 bits per heavy atom. The van der Waals surface area contributed by atoms with Gasteiger partial charge in [0.05, 0.1) is 6.61 Å². The highest BCUT2D eigenvalue weighted by molar-refractivity contribution is 7.78. The van der Waals surface area contributed by atoms with Gasteiger partial charge >= 0.3 is 5.97 Å². The number of aliphatic carboxylic acids is 1. The molecule has 0 unspecified atom stereocenters. The van der Waals surface area contributed by atoms with E-state index in [1.54, 1.807) is 0 Å². The number of aliphatic hydroxyl groups is 1. The standard InChI is InChI=1S/C3H7NO3S/c5-1-2(4-8)3(6)7/h2,4-5,8H,1H2,(H,6,7)/t2-/m0/s1. The molecule has 0 spiro atoms. The molecule has 0 aromatic heterocycles. The van der Waals surface area contributed by atoms with Crippen molar-refractivity contribution in [1.82, 2.24) is 4.72 Å². The maximum Gasteiger partial charge on any atom is 0.323 e. The van der Waals surface area contributed by atoms with E-state index < -0.39 is 18.6 Å². The Balaban J connectivity index is 3.52. The van der Waals surface area contributed by atoms with E-state index in [4.69, 9.17) is 10.2 Å². The maximum absolute atomic E-state index is 9.89. The third kappa shape index (κ3) is 2.15. The van der Waals surface area contributed by atoms with E-state index >= 15 is 0 Å². The number of carboxylic acids is 1. The van der Waals surface area contributed by atoms with E-state index in [2.05, 4.69) is 17.5 Å². The molecule has 0 fully saturated rings. The molecular weight excluding hydrogens is 130 g/mol. The highest BCUT2D eigenvalue weighted by Crippen LogP contribution is 1.81. The van der Waals surface area contributed by atoms with E-state index in [-0.39, 0.29) is 0 Å². The first-order valence-corrected chi connectivity index (χ1v) is 2.40. The molecule has 1 atom stereocenters. The number of nitrogens with one attached hydrogen (secondary N) is 1. The van der Waals surface area contributed by atoms with E-state index in [1.165, 1.54) is 0 Å². The molecular formula is C3H7NO3S. The van der Waals surface area contributed by atoms with Crippen LogP contribution < -0.4 is 4.72 Å². The van der Waals surface area contributed by atoms with Gasteiger partial charge in [0.2, 0.25) is 0 Å². The molecule has 0 aliphatic carbocycles. The van der Waals surface area contributed by atoms with Gasteiger partial charge in [-0.1, -0.05) is 12.8 Å². The predicted octanol–water partition coefficient (Wildman–Crippen LogP) is -1.13. The van der Waals surface area contributed by atoms with Crippen LogP contribution in [-0.2, 0) is 4.79 Å². The molecule has 8 heavy (non-hydrogen) atoms. The number of hydrogen-bond acceptors (Lipinski definition) is 4. The van der Waals surface area contributed by atoms with Crippen molar-refractivity contribution >= 4 is 18.8 Å². The van der Waals surface area contributed by atoms with E-state index in [0.29, 0.717) is 0 Å². The van der Waals surface area contributed by atoms with Crippen molar-refractivity contribution in [3.8, 4) is 0 Å². The van der Waals surface area contributed by atoms with Crippen molar-refractivity contribution in [2.24, 2.45) is 0 Å². The molecule has 4 nitrogen and oxygen atoms in total. The van der Waals surface area contributed by atoms with Gasteiger partial charge < -0.3 is 10.2 Å². The van der Waals surface area contributed by atoms with Crippen LogP contribution in [0.4, 0.5) is 0 Å². The van der Waals surface area contributed by atoms with E-state index in [1.807, 2.05) is 0 Å². The third-order valence-corrected chi connectivity index (χ3v) is 0.948. The van der Waals surface area contributed by atoms with Gasteiger partial charge in [-0.2, -0.15) is 0 Å². The van der Waals surface area contributed by atoms with Gasteiger partial charge in [-0.25, -0.2) is 0 Å². The summed E-state index contributed by atoms with van der Waals surface area (Å²) < 4.78 is 2.10. The van der Waals surface area contributed by atoms with Gasteiger partial charge in [0.25, 0.3) is 0 Å². The summed E-state index contributed by atoms with van der Waals surface area (Å²) in [6.45, 7) is -0.446. The monoisotopic (exact) mass is 137 g/mol. The summed E-state index contributed by atoms with van der Waals surface area (Å²) in [7, 11) is 0. The van der Waals surface area contributed by atoms with Crippen LogP contribution in [0.15, 0.2) is 0 Å². The Morgan fingerprint density at radius 1 is 1.88 bits per heavy atom. The maximum atomic E-state index is 9.89. The fraction of sp³-hybridized carbons (Fsp3) is 0.667. The lowest BCUT2D eigenvalue weighted by Gasteiger charge is -2.03. The molecule has 0 bridgehead atoms. The molecule has 0 heterocycles. The third-order valence-electron chi connectivity index (χ3n) is 0.637. The molecule has 3 N–H and O–H groups in total. The largest absolute Gasteiger partial charge is 0.480 e. The molecule has 0 amide bonds. The van der Waals surface area contributed by atoms with Gasteiger partial charge in [0.1, 0.15) is 6.04 Å². The van der Waals surface area contributed by atoms with Gasteiger partial charge in [0.15, 0.2) is 0 Å². The summed E-state index contributed by atoms with van der Waals surface area (Å²) in [4.78, 5) is 9.89. The van der Waals surface area contributed by atoms with Crippen LogP contribution in [-0.4, -0.2) is 28.8 Å². The van der Waals surface area contributed by atoms with Crippen LogP contribution in [0.1, 0.15) is 0 Å². The van der Waals surface area contributed by atoms with Crippen molar-refractivity contribution in [2.75, 3.05) is 6.61 Å². The molecule has 0 aliphatic rings. The Morgan fingerprint density at radius 2 is 2.38 bits per heavy atom. The second-order valence-electron chi connectivity index (χ2n) is 1.20. The number of carbonyl (C=O) groups is 1. The molecule has 0 radical (unpaired) electrons. The second kappa shape index (κ2) is 3.71. The minimum Gasteiger partial charge on any atom is -0.480 e. The average Bonchev–Trinajstić information content (AvgIpc) is 1.69. The molecule has 0 saturated carbocycles. The highest BCUT2D eigenvalue weighted by Gasteiger charge is 2.11. The zero-order chi connectivity index (χ0) is 6.57. The lowest BCUT2D eigenvalue weighted by molar-refractivity contribution is -0.139. The smallest absolute Gasteiger partial charge is 0.323 e. The van der Waals surface area contributed by atoms with Gasteiger partial charge in [-0.3, -0.25) is 9.52 Å². The molecule has 0 rings (SSSR count). The van der Waals surface area contributed by atoms with Gasteiger partial charge in [-0.05, 0) is 0 Å². The topological polar surface area (TPSA) is 69.6 Å². The molecule has 0 aromatic rings. The Hall–Kier alpha value is -0.260. The van der Waals surface area contributed by atoms with Crippen LogP contribution >= 0.6 is 12.8 Å². The Kier molecular flexibility index (Phi) is 3.59. The summed E-state index contributed by atoms with van der Waals surface area (Å²) in [5.74, 6) is -1.11.